The molecule has 1 unspecified atom stereocenters. The predicted octanol–water partition coefficient (Wildman–Crippen LogP) is 7.32. The number of aliphatic hydroxyl groups excluding tert-OH is 1. The molecule has 2 aliphatic rings. The van der Waals surface area contributed by atoms with Crippen LogP contribution in [0, 0.1) is 23.7 Å². The zero-order valence-corrected chi connectivity index (χ0v) is 41.6. The van der Waals surface area contributed by atoms with Crippen LogP contribution in [0.4, 0.5) is 24.5 Å². The van der Waals surface area contributed by atoms with E-state index in [-0.39, 0.29) is 49.4 Å². The average molecular weight is 1010 g/mol. The Balaban J connectivity index is 0.867. The van der Waals surface area contributed by atoms with Crippen molar-refractivity contribution in [3.8, 4) is 22.3 Å². The maximum absolute atomic E-state index is 13.9. The molecule has 1 aromatic heterocycles. The second-order valence-electron chi connectivity index (χ2n) is 18.7. The van der Waals surface area contributed by atoms with Crippen LogP contribution < -0.4 is 25.2 Å². The number of nitrogens with one attached hydrogen (secondary N) is 2. The first-order valence-corrected chi connectivity index (χ1v) is 24.1. The number of rotatable bonds is 20. The third-order valence-electron chi connectivity index (χ3n) is 11.9. The van der Waals surface area contributed by atoms with E-state index in [1.807, 2.05) is 52.0 Å². The second kappa shape index (κ2) is 22.8. The number of benzene rings is 3. The number of carbonyl (C=O) groups excluding carboxylic acids is 4. The van der Waals surface area contributed by atoms with Gasteiger partial charge in [-0.15, -0.1) is 11.3 Å². The maximum Gasteiger partial charge on any atom is 0.417 e. The number of ether oxygens (including phenoxy) is 3. The van der Waals surface area contributed by atoms with Crippen LogP contribution in [-0.4, -0.2) is 107 Å². The van der Waals surface area contributed by atoms with E-state index in [2.05, 4.69) is 15.6 Å². The van der Waals surface area contributed by atoms with Gasteiger partial charge in [-0.05, 0) is 105 Å². The Morgan fingerprint density at radius 3 is 2.26 bits per heavy atom. The molecule has 70 heavy (non-hydrogen) atoms. The highest BCUT2D eigenvalue weighted by atomic mass is 32.1. The smallest absolute Gasteiger partial charge is 0.417 e. The van der Waals surface area contributed by atoms with E-state index in [4.69, 9.17) is 26.4 Å². The Bertz CT molecular complexity index is 2560. The second-order valence-corrected chi connectivity index (χ2v) is 19.9. The van der Waals surface area contributed by atoms with Crippen LogP contribution in [0.1, 0.15) is 82.7 Å². The number of halogens is 3. The molecule has 0 radical (unpaired) electrons. The highest BCUT2D eigenvalue weighted by Crippen LogP contribution is 2.40. The highest BCUT2D eigenvalue weighted by molar-refractivity contribution is 7.81. The molecule has 374 valence electrons. The number of anilines is 2. The number of thiocarbonyl (C=S) groups is 1. The third-order valence-corrected chi connectivity index (χ3v) is 13.3. The molecule has 3 heterocycles. The molecule has 15 nitrogen and oxygen atoms in total. The predicted molar refractivity (Wildman–Crippen MR) is 262 cm³/mol. The Morgan fingerprint density at radius 1 is 0.971 bits per heavy atom. The van der Waals surface area contributed by atoms with Crippen molar-refractivity contribution >= 4 is 63.7 Å². The number of carbonyl (C=O) groups is 4. The van der Waals surface area contributed by atoms with Gasteiger partial charge in [-0.3, -0.25) is 24.1 Å². The largest absolute Gasteiger partial charge is 0.494 e. The van der Waals surface area contributed by atoms with Crippen molar-refractivity contribution in [2.24, 2.45) is 5.41 Å². The molecule has 0 spiro atoms. The lowest BCUT2D eigenvalue weighted by molar-refractivity contribution is -0.144. The van der Waals surface area contributed by atoms with Crippen molar-refractivity contribution in [3.63, 3.8) is 0 Å². The summed E-state index contributed by atoms with van der Waals surface area (Å²) in [6.07, 6.45) is -3.72. The van der Waals surface area contributed by atoms with Crippen molar-refractivity contribution < 1.29 is 51.7 Å². The summed E-state index contributed by atoms with van der Waals surface area (Å²) in [6.45, 7) is 12.1. The Hall–Kier alpha value is -5.98. The summed E-state index contributed by atoms with van der Waals surface area (Å²) in [5, 5.41) is 25.4. The summed E-state index contributed by atoms with van der Waals surface area (Å²) >= 11 is 7.18. The van der Waals surface area contributed by atoms with Crippen molar-refractivity contribution in [2.45, 2.75) is 104 Å². The Labute approximate surface area is 414 Å². The molecule has 0 aliphatic carbocycles. The molecule has 3 atom stereocenters. The topological polar surface area (TPSA) is 187 Å². The maximum atomic E-state index is 13.9. The molecule has 20 heteroatoms. The fourth-order valence-electron chi connectivity index (χ4n) is 8.16. The molecular weight excluding hydrogens is 948 g/mol. The summed E-state index contributed by atoms with van der Waals surface area (Å²) in [5.41, 5.74) is 1.45. The lowest BCUT2D eigenvalue weighted by Gasteiger charge is -2.35. The summed E-state index contributed by atoms with van der Waals surface area (Å²) in [4.78, 5) is 63.2. The number of aryl methyl sites for hydroxylation is 1. The zero-order valence-electron chi connectivity index (χ0n) is 39.9. The number of alkyl halides is 3. The number of nitrogens with zero attached hydrogens (tertiary/aromatic N) is 5. The quantitative estimate of drug-likeness (QED) is 0.0593. The Morgan fingerprint density at radius 2 is 1.63 bits per heavy atom. The van der Waals surface area contributed by atoms with Gasteiger partial charge in [-0.2, -0.15) is 18.4 Å². The molecule has 2 fully saturated rings. The van der Waals surface area contributed by atoms with Gasteiger partial charge in [0.2, 0.25) is 17.7 Å². The molecule has 0 saturated carbocycles. The lowest BCUT2D eigenvalue weighted by Crippen LogP contribution is -2.58. The average Bonchev–Trinajstić information content (AvgIpc) is 3.98. The molecule has 2 aliphatic heterocycles. The first kappa shape index (κ1) is 53.4. The summed E-state index contributed by atoms with van der Waals surface area (Å²) in [5.74, 6) is -1.30. The highest BCUT2D eigenvalue weighted by Gasteiger charge is 2.51. The minimum absolute atomic E-state index is 0.00948. The molecule has 4 aromatic rings. The number of β-amino-alcohol motifs (C(OH)–C–C–N with tert-alkyl or cyclic N) is 1. The fourth-order valence-corrected chi connectivity index (χ4v) is 9.49. The minimum atomic E-state index is -4.80. The van der Waals surface area contributed by atoms with Crippen molar-refractivity contribution in [2.75, 3.05) is 49.4 Å². The van der Waals surface area contributed by atoms with Crippen LogP contribution in [-0.2, 0) is 41.4 Å². The molecule has 4 amide bonds. The number of hydrogen-bond donors (Lipinski definition) is 3. The number of likely N-dealkylation sites (tertiary alicyclic amines) is 1. The number of nitriles is 1. The first-order chi connectivity index (χ1) is 33.1. The zero-order chi connectivity index (χ0) is 51.0. The van der Waals surface area contributed by atoms with Crippen molar-refractivity contribution in [1.29, 1.82) is 5.26 Å². The van der Waals surface area contributed by atoms with Gasteiger partial charge >= 0.3 is 6.18 Å². The number of amides is 4. The van der Waals surface area contributed by atoms with Crippen molar-refractivity contribution in [3.05, 3.63) is 94.6 Å². The van der Waals surface area contributed by atoms with E-state index in [9.17, 15) is 42.7 Å². The molecular formula is C50H58F3N7O8S2. The van der Waals surface area contributed by atoms with E-state index in [1.165, 1.54) is 11.0 Å². The van der Waals surface area contributed by atoms with Crippen LogP contribution in [0.3, 0.4) is 0 Å². The molecule has 2 saturated heterocycles. The summed E-state index contributed by atoms with van der Waals surface area (Å²) in [6, 6.07) is 17.3. The van der Waals surface area contributed by atoms with Gasteiger partial charge in [-0.1, -0.05) is 45.0 Å². The molecule has 3 N–H and O–H groups in total. The van der Waals surface area contributed by atoms with Gasteiger partial charge in [0.25, 0.3) is 5.91 Å². The van der Waals surface area contributed by atoms with Gasteiger partial charge in [0.05, 0.1) is 51.7 Å². The van der Waals surface area contributed by atoms with E-state index in [0.717, 1.165) is 38.7 Å². The normalized spacial score (nSPS) is 17.4. The summed E-state index contributed by atoms with van der Waals surface area (Å²) in [7, 11) is 0. The van der Waals surface area contributed by atoms with Gasteiger partial charge in [-0.25, -0.2) is 4.98 Å². The van der Waals surface area contributed by atoms with Crippen molar-refractivity contribution in [1.82, 2.24) is 20.5 Å². The van der Waals surface area contributed by atoms with Crippen LogP contribution in [0.25, 0.3) is 10.4 Å². The SMILES string of the molecule is Cc1ncsc1-c1ccc(CNC(=O)[C@@H]2C[C@@H](O)CN2C(=O)C(NC(=O)COCCCCOCCCOc2ccc(N3C(=S)N(c4ccc(C#N)c(C(F)(F)F)c4)C(=O)C3(C)C)cc2)C(C)(C)C)cc1. The Kier molecular flexibility index (Phi) is 17.4. The number of aromatic nitrogens is 1. The molecule has 6 rings (SSSR count). The first-order valence-electron chi connectivity index (χ1n) is 22.8. The standard InChI is InChI=1S/C50H58F3N7O8S2/c1-31-42(70-30-56-31)33-12-10-32(11-13-33)27-55-44(63)40-25-37(61)28-58(40)45(64)43(48(2,3)4)57-41(62)29-67-21-8-7-20-66-22-9-23-68-38-18-16-35(17-19-38)60-47(69)59(46(65)49(60,5)6)36-15-14-34(26-54)39(24-36)50(51,52)53/h10-19,24,30,37,40,43,61H,7-9,20-23,25,27-29H2,1-6H3,(H,55,63)(H,57,62)/t37-,40+,43?/m1/s1. The molecule has 0 bridgehead atoms. The van der Waals surface area contributed by atoms with Crippen LogP contribution in [0.2, 0.25) is 0 Å². The van der Waals surface area contributed by atoms with Crippen LogP contribution in [0.15, 0.2) is 72.2 Å². The van der Waals surface area contributed by atoms with E-state index >= 15 is 0 Å². The number of thiazole rings is 1. The summed E-state index contributed by atoms with van der Waals surface area (Å²) < 4.78 is 58.3. The lowest BCUT2D eigenvalue weighted by atomic mass is 9.85. The van der Waals surface area contributed by atoms with Gasteiger partial charge in [0, 0.05) is 51.4 Å². The van der Waals surface area contributed by atoms with Gasteiger partial charge in [0.1, 0.15) is 30.0 Å². The number of aliphatic hydroxyl groups is 1. The minimum Gasteiger partial charge on any atom is -0.494 e. The van der Waals surface area contributed by atoms with E-state index in [1.54, 1.807) is 65.9 Å². The number of unbranched alkanes of at least 4 members (excludes halogenated alkanes) is 1. The third kappa shape index (κ3) is 12.9. The van der Waals surface area contributed by atoms with Crippen LogP contribution >= 0.6 is 23.6 Å². The monoisotopic (exact) mass is 1010 g/mol. The molecule has 3 aromatic carbocycles. The van der Waals surface area contributed by atoms with Crippen LogP contribution in [0.5, 0.6) is 5.75 Å². The van der Waals surface area contributed by atoms with E-state index < -0.39 is 64.2 Å². The fraction of sp³-hybridized carbons (Fsp3) is 0.460. The van der Waals surface area contributed by atoms with E-state index in [0.29, 0.717) is 50.5 Å². The van der Waals surface area contributed by atoms with Gasteiger partial charge < -0.3 is 39.8 Å². The number of hydrogen-bond acceptors (Lipinski definition) is 12. The van der Waals surface area contributed by atoms with Gasteiger partial charge in [0.15, 0.2) is 5.11 Å².